The molecule has 0 unspecified atom stereocenters. The van der Waals surface area contributed by atoms with Crippen molar-refractivity contribution in [3.63, 3.8) is 0 Å². The predicted molar refractivity (Wildman–Crippen MR) is 93.3 cm³/mol. The SMILES string of the molecule is COB(CCCN1C[C@H]2OC(C)(C)O[C@H]2[C@@H]1[C@H]1COC(C)(C)O1)OC. The molecule has 3 saturated heterocycles. The van der Waals surface area contributed by atoms with Crippen molar-refractivity contribution in [2.75, 3.05) is 33.9 Å². The molecule has 0 aromatic heterocycles. The summed E-state index contributed by atoms with van der Waals surface area (Å²) in [5, 5.41) is 0. The van der Waals surface area contributed by atoms with Crippen LogP contribution < -0.4 is 0 Å². The van der Waals surface area contributed by atoms with E-state index >= 15 is 0 Å². The number of likely N-dealkylation sites (tertiary alicyclic amines) is 1. The summed E-state index contributed by atoms with van der Waals surface area (Å²) in [4.78, 5) is 2.42. The average molecular weight is 357 g/mol. The van der Waals surface area contributed by atoms with Crippen LogP contribution >= 0.6 is 0 Å². The summed E-state index contributed by atoms with van der Waals surface area (Å²) in [5.41, 5.74) is 0. The predicted octanol–water partition coefficient (Wildman–Crippen LogP) is 1.51. The number of rotatable bonds is 7. The van der Waals surface area contributed by atoms with Gasteiger partial charge in [0.05, 0.1) is 12.6 Å². The van der Waals surface area contributed by atoms with Crippen molar-refractivity contribution in [2.24, 2.45) is 0 Å². The first kappa shape index (κ1) is 19.5. The molecule has 3 rings (SSSR count). The van der Waals surface area contributed by atoms with Crippen LogP contribution in [-0.4, -0.2) is 81.9 Å². The number of hydrogen-bond acceptors (Lipinski definition) is 7. The maximum absolute atomic E-state index is 6.22. The molecule has 0 saturated carbocycles. The maximum atomic E-state index is 6.22. The Morgan fingerprint density at radius 1 is 1.00 bits per heavy atom. The molecule has 7 nitrogen and oxygen atoms in total. The fourth-order valence-electron chi connectivity index (χ4n) is 4.22. The Morgan fingerprint density at radius 2 is 1.68 bits per heavy atom. The van der Waals surface area contributed by atoms with Crippen LogP contribution in [-0.2, 0) is 28.3 Å². The third-order valence-corrected chi connectivity index (χ3v) is 5.22. The van der Waals surface area contributed by atoms with E-state index in [0.29, 0.717) is 6.61 Å². The zero-order chi connectivity index (χ0) is 18.2. The molecule has 3 fully saturated rings. The van der Waals surface area contributed by atoms with E-state index in [0.717, 1.165) is 25.8 Å². The van der Waals surface area contributed by atoms with E-state index in [1.165, 1.54) is 0 Å². The van der Waals surface area contributed by atoms with Gasteiger partial charge < -0.3 is 28.3 Å². The molecule has 0 aromatic carbocycles. The highest BCUT2D eigenvalue weighted by molar-refractivity contribution is 6.44. The Morgan fingerprint density at radius 3 is 2.28 bits per heavy atom. The quantitative estimate of drug-likeness (QED) is 0.640. The molecular weight excluding hydrogens is 325 g/mol. The van der Waals surface area contributed by atoms with Gasteiger partial charge in [0.15, 0.2) is 11.6 Å². The molecule has 25 heavy (non-hydrogen) atoms. The second kappa shape index (κ2) is 7.42. The van der Waals surface area contributed by atoms with Gasteiger partial charge in [0.25, 0.3) is 0 Å². The summed E-state index contributed by atoms with van der Waals surface area (Å²) in [6.45, 7) is 10.2. The number of ether oxygens (including phenoxy) is 4. The standard InChI is InChI=1S/C17H32BNO6/c1-16(2)22-11-13(24-16)14-15-12(23-17(3,4)25-15)10-19(14)9-7-8-18(20-5)21-6/h12-15H,7-11H2,1-6H3/t12-,13-,14+,15-/m1/s1. The minimum absolute atomic E-state index is 0.0110. The molecule has 0 aliphatic carbocycles. The van der Waals surface area contributed by atoms with Crippen LogP contribution in [0.5, 0.6) is 0 Å². The van der Waals surface area contributed by atoms with Gasteiger partial charge in [-0.05, 0) is 47.0 Å². The first-order valence-electron chi connectivity index (χ1n) is 9.22. The lowest BCUT2D eigenvalue weighted by Gasteiger charge is -2.33. The van der Waals surface area contributed by atoms with Crippen molar-refractivity contribution < 1.29 is 28.3 Å². The smallest absolute Gasteiger partial charge is 0.414 e. The third kappa shape index (κ3) is 4.38. The Balaban J connectivity index is 1.65. The summed E-state index contributed by atoms with van der Waals surface area (Å²) in [6, 6.07) is 0.136. The van der Waals surface area contributed by atoms with Gasteiger partial charge in [-0.1, -0.05) is 0 Å². The summed E-state index contributed by atoms with van der Waals surface area (Å²) in [6.07, 6.45) is 1.91. The number of hydrogen-bond donors (Lipinski definition) is 0. The van der Waals surface area contributed by atoms with Crippen molar-refractivity contribution in [3.8, 4) is 0 Å². The second-order valence-electron chi connectivity index (χ2n) is 8.03. The van der Waals surface area contributed by atoms with E-state index in [-0.39, 0.29) is 31.5 Å². The van der Waals surface area contributed by atoms with E-state index < -0.39 is 11.6 Å². The zero-order valence-electron chi connectivity index (χ0n) is 16.3. The van der Waals surface area contributed by atoms with Gasteiger partial charge in [-0.25, -0.2) is 0 Å². The van der Waals surface area contributed by atoms with Crippen LogP contribution in [0, 0.1) is 0 Å². The largest absolute Gasteiger partial charge is 0.456 e. The van der Waals surface area contributed by atoms with E-state index in [4.69, 9.17) is 28.3 Å². The van der Waals surface area contributed by atoms with Gasteiger partial charge in [0, 0.05) is 20.8 Å². The van der Waals surface area contributed by atoms with Gasteiger partial charge >= 0.3 is 7.12 Å². The molecular formula is C17H32BNO6. The van der Waals surface area contributed by atoms with Crippen LogP contribution in [0.1, 0.15) is 34.1 Å². The molecule has 0 amide bonds. The highest BCUT2D eigenvalue weighted by atomic mass is 16.8. The summed E-state index contributed by atoms with van der Waals surface area (Å²) in [7, 11) is 3.19. The molecule has 0 bridgehead atoms. The molecule has 3 aliphatic heterocycles. The van der Waals surface area contributed by atoms with Gasteiger partial charge in [0.2, 0.25) is 0 Å². The van der Waals surface area contributed by atoms with Crippen LogP contribution in [0.15, 0.2) is 0 Å². The van der Waals surface area contributed by atoms with Crippen LogP contribution in [0.4, 0.5) is 0 Å². The fourth-order valence-corrected chi connectivity index (χ4v) is 4.22. The normalized spacial score (nSPS) is 36.7. The van der Waals surface area contributed by atoms with Gasteiger partial charge in [0.1, 0.15) is 18.3 Å². The monoisotopic (exact) mass is 357 g/mol. The zero-order valence-corrected chi connectivity index (χ0v) is 16.3. The topological polar surface area (TPSA) is 58.6 Å². The Labute approximate surface area is 151 Å². The van der Waals surface area contributed by atoms with Crippen molar-refractivity contribution in [2.45, 2.75) is 76.4 Å². The lowest BCUT2D eigenvalue weighted by molar-refractivity contribution is -0.177. The molecule has 0 spiro atoms. The van der Waals surface area contributed by atoms with Crippen LogP contribution in [0.2, 0.25) is 6.32 Å². The van der Waals surface area contributed by atoms with Crippen LogP contribution in [0.25, 0.3) is 0 Å². The molecule has 0 aromatic rings. The number of fused-ring (bicyclic) bond motifs is 1. The minimum atomic E-state index is -0.541. The van der Waals surface area contributed by atoms with Crippen molar-refractivity contribution in [3.05, 3.63) is 0 Å². The Bertz CT molecular complexity index is 458. The minimum Gasteiger partial charge on any atom is -0.414 e. The van der Waals surface area contributed by atoms with Gasteiger partial charge in [-0.3, -0.25) is 4.90 Å². The molecule has 0 N–H and O–H groups in total. The van der Waals surface area contributed by atoms with Crippen molar-refractivity contribution in [1.82, 2.24) is 4.90 Å². The molecule has 4 atom stereocenters. The van der Waals surface area contributed by atoms with Crippen LogP contribution in [0.3, 0.4) is 0 Å². The highest BCUT2D eigenvalue weighted by Crippen LogP contribution is 2.40. The van der Waals surface area contributed by atoms with Crippen molar-refractivity contribution in [1.29, 1.82) is 0 Å². The Kier molecular flexibility index (Phi) is 5.80. The van der Waals surface area contributed by atoms with Gasteiger partial charge in [-0.2, -0.15) is 0 Å². The summed E-state index contributed by atoms with van der Waals surface area (Å²) < 4.78 is 34.9. The first-order chi connectivity index (χ1) is 11.7. The van der Waals surface area contributed by atoms with Crippen molar-refractivity contribution >= 4 is 7.12 Å². The van der Waals surface area contributed by atoms with Gasteiger partial charge in [-0.15, -0.1) is 0 Å². The molecule has 8 heteroatoms. The lowest BCUT2D eigenvalue weighted by Crippen LogP contribution is -2.48. The third-order valence-electron chi connectivity index (χ3n) is 5.22. The maximum Gasteiger partial charge on any atom is 0.456 e. The van der Waals surface area contributed by atoms with E-state index in [2.05, 4.69) is 4.90 Å². The summed E-state index contributed by atoms with van der Waals surface area (Å²) >= 11 is 0. The highest BCUT2D eigenvalue weighted by Gasteiger charge is 2.56. The second-order valence-corrected chi connectivity index (χ2v) is 8.03. The molecule has 3 heterocycles. The first-order valence-corrected chi connectivity index (χ1v) is 9.22. The molecule has 144 valence electrons. The molecule has 0 radical (unpaired) electrons. The van der Waals surface area contributed by atoms with E-state index in [1.54, 1.807) is 14.2 Å². The van der Waals surface area contributed by atoms with E-state index in [1.807, 2.05) is 27.7 Å². The molecule has 3 aliphatic rings. The summed E-state index contributed by atoms with van der Waals surface area (Å²) in [5.74, 6) is -1.08. The fraction of sp³-hybridized carbons (Fsp3) is 1.00. The average Bonchev–Trinajstić information content (AvgIpc) is 3.12. The number of nitrogens with zero attached hydrogens (tertiary/aromatic N) is 1. The Hall–Kier alpha value is -0.215. The lowest BCUT2D eigenvalue weighted by atomic mass is 9.83. The van der Waals surface area contributed by atoms with E-state index in [9.17, 15) is 0 Å².